The predicted molar refractivity (Wildman–Crippen MR) is 71.8 cm³/mol. The van der Waals surface area contributed by atoms with Crippen molar-refractivity contribution >= 4 is 23.2 Å². The van der Waals surface area contributed by atoms with E-state index in [0.29, 0.717) is 35.5 Å². The van der Waals surface area contributed by atoms with Crippen molar-refractivity contribution in [2.45, 2.75) is 18.9 Å². The Labute approximate surface area is 112 Å². The molecule has 5 heteroatoms. The molecular weight excluding hydrogens is 252 g/mol. The van der Waals surface area contributed by atoms with Crippen molar-refractivity contribution in [3.05, 3.63) is 28.8 Å². The van der Waals surface area contributed by atoms with Crippen LogP contribution >= 0.6 is 11.6 Å². The summed E-state index contributed by atoms with van der Waals surface area (Å²) in [6.07, 6.45) is 2.10. The number of halogens is 1. The van der Waals surface area contributed by atoms with Gasteiger partial charge < -0.3 is 15.4 Å². The number of nitrogen functional groups attached to an aromatic ring is 1. The first-order valence-electron chi connectivity index (χ1n) is 5.98. The lowest BCUT2D eigenvalue weighted by Crippen LogP contribution is -2.36. The summed E-state index contributed by atoms with van der Waals surface area (Å²) < 4.78 is 5.04. The minimum Gasteiger partial charge on any atom is -0.398 e. The van der Waals surface area contributed by atoms with Gasteiger partial charge in [0.1, 0.15) is 0 Å². The minimum absolute atomic E-state index is 0.0606. The molecule has 2 N–H and O–H groups in total. The highest BCUT2D eigenvalue weighted by Gasteiger charge is 2.33. The summed E-state index contributed by atoms with van der Waals surface area (Å²) in [5, 5.41) is 0.523. The van der Waals surface area contributed by atoms with Crippen LogP contribution in [0.2, 0.25) is 5.02 Å². The van der Waals surface area contributed by atoms with Crippen molar-refractivity contribution in [2.24, 2.45) is 0 Å². The standard InChI is InChI=1S/C13H17ClN2O2/c1-18-7-6-16(10-3-4-10)13(17)11-8-9(14)2-5-12(11)15/h2,5,8,10H,3-4,6-7,15H2,1H3. The van der Waals surface area contributed by atoms with Gasteiger partial charge in [0, 0.05) is 30.4 Å². The van der Waals surface area contributed by atoms with Gasteiger partial charge >= 0.3 is 0 Å². The van der Waals surface area contributed by atoms with E-state index in [4.69, 9.17) is 22.1 Å². The van der Waals surface area contributed by atoms with Gasteiger partial charge in [-0.15, -0.1) is 0 Å². The van der Waals surface area contributed by atoms with E-state index in [9.17, 15) is 4.79 Å². The topological polar surface area (TPSA) is 55.6 Å². The third-order valence-electron chi connectivity index (χ3n) is 3.03. The Balaban J connectivity index is 2.19. The molecule has 1 saturated carbocycles. The molecule has 18 heavy (non-hydrogen) atoms. The smallest absolute Gasteiger partial charge is 0.256 e. The first kappa shape index (κ1) is 13.2. The van der Waals surface area contributed by atoms with Gasteiger partial charge in [-0.25, -0.2) is 0 Å². The molecule has 1 aliphatic carbocycles. The third-order valence-corrected chi connectivity index (χ3v) is 3.27. The number of carbonyl (C=O) groups is 1. The molecule has 0 heterocycles. The van der Waals surface area contributed by atoms with E-state index in [1.54, 1.807) is 25.3 Å². The number of anilines is 1. The minimum atomic E-state index is -0.0606. The number of hydrogen-bond donors (Lipinski definition) is 1. The molecule has 4 nitrogen and oxygen atoms in total. The predicted octanol–water partition coefficient (Wildman–Crippen LogP) is 2.17. The van der Waals surface area contributed by atoms with Crippen LogP contribution in [0.3, 0.4) is 0 Å². The average molecular weight is 269 g/mol. The summed E-state index contributed by atoms with van der Waals surface area (Å²) >= 11 is 5.91. The lowest BCUT2D eigenvalue weighted by atomic mass is 10.1. The molecule has 0 atom stereocenters. The zero-order valence-electron chi connectivity index (χ0n) is 10.4. The summed E-state index contributed by atoms with van der Waals surface area (Å²) in [5.74, 6) is -0.0606. The molecule has 1 fully saturated rings. The fourth-order valence-corrected chi connectivity index (χ4v) is 2.07. The summed E-state index contributed by atoms with van der Waals surface area (Å²) in [4.78, 5) is 14.3. The van der Waals surface area contributed by atoms with Crippen LogP contribution in [0.25, 0.3) is 0 Å². The van der Waals surface area contributed by atoms with Gasteiger partial charge in [-0.1, -0.05) is 11.6 Å². The molecule has 0 unspecified atom stereocenters. The second-order valence-corrected chi connectivity index (χ2v) is 4.89. The number of nitrogens with two attached hydrogens (primary N) is 1. The maximum Gasteiger partial charge on any atom is 0.256 e. The van der Waals surface area contributed by atoms with Crippen LogP contribution < -0.4 is 5.73 Å². The van der Waals surface area contributed by atoms with Crippen molar-refractivity contribution in [1.29, 1.82) is 0 Å². The van der Waals surface area contributed by atoms with Crippen LogP contribution in [0.15, 0.2) is 18.2 Å². The quantitative estimate of drug-likeness (QED) is 0.833. The van der Waals surface area contributed by atoms with Gasteiger partial charge in [0.15, 0.2) is 0 Å². The molecule has 1 aromatic carbocycles. The number of methoxy groups -OCH3 is 1. The Bertz CT molecular complexity index is 447. The van der Waals surface area contributed by atoms with Crippen LogP contribution in [-0.4, -0.2) is 37.1 Å². The van der Waals surface area contributed by atoms with Gasteiger partial charge in [-0.2, -0.15) is 0 Å². The van der Waals surface area contributed by atoms with Crippen LogP contribution in [0.1, 0.15) is 23.2 Å². The van der Waals surface area contributed by atoms with Gasteiger partial charge in [0.05, 0.1) is 12.2 Å². The lowest BCUT2D eigenvalue weighted by Gasteiger charge is -2.22. The van der Waals surface area contributed by atoms with E-state index in [1.807, 2.05) is 4.90 Å². The Kier molecular flexibility index (Phi) is 4.09. The first-order chi connectivity index (χ1) is 8.63. The Morgan fingerprint density at radius 3 is 2.89 bits per heavy atom. The Morgan fingerprint density at radius 2 is 2.28 bits per heavy atom. The zero-order valence-corrected chi connectivity index (χ0v) is 11.1. The fourth-order valence-electron chi connectivity index (χ4n) is 1.89. The van der Waals surface area contributed by atoms with Gasteiger partial charge in [0.2, 0.25) is 0 Å². The second-order valence-electron chi connectivity index (χ2n) is 4.45. The first-order valence-corrected chi connectivity index (χ1v) is 6.36. The molecule has 0 aliphatic heterocycles. The third kappa shape index (κ3) is 2.94. The van der Waals surface area contributed by atoms with Gasteiger partial charge in [-0.3, -0.25) is 4.79 Å². The van der Waals surface area contributed by atoms with E-state index in [1.165, 1.54) is 0 Å². The van der Waals surface area contributed by atoms with E-state index in [0.717, 1.165) is 12.8 Å². The SMILES string of the molecule is COCCN(C(=O)c1cc(Cl)ccc1N)C1CC1. The molecule has 0 radical (unpaired) electrons. The molecule has 1 aliphatic rings. The van der Waals surface area contributed by atoms with Crippen molar-refractivity contribution in [2.75, 3.05) is 26.0 Å². The molecule has 0 saturated heterocycles. The molecule has 2 rings (SSSR count). The van der Waals surface area contributed by atoms with Crippen molar-refractivity contribution in [3.8, 4) is 0 Å². The molecule has 1 amide bonds. The highest BCUT2D eigenvalue weighted by Crippen LogP contribution is 2.29. The molecule has 98 valence electrons. The van der Waals surface area contributed by atoms with Gasteiger partial charge in [-0.05, 0) is 31.0 Å². The Morgan fingerprint density at radius 1 is 1.56 bits per heavy atom. The van der Waals surface area contributed by atoms with Crippen LogP contribution in [0, 0.1) is 0 Å². The average Bonchev–Trinajstić information content (AvgIpc) is 3.17. The number of benzene rings is 1. The summed E-state index contributed by atoms with van der Waals surface area (Å²) in [7, 11) is 1.63. The monoisotopic (exact) mass is 268 g/mol. The summed E-state index contributed by atoms with van der Waals surface area (Å²) in [5.41, 5.74) is 6.78. The molecule has 1 aromatic rings. The fraction of sp³-hybridized carbons (Fsp3) is 0.462. The van der Waals surface area contributed by atoms with E-state index in [-0.39, 0.29) is 5.91 Å². The summed E-state index contributed by atoms with van der Waals surface area (Å²) in [6, 6.07) is 5.30. The van der Waals surface area contributed by atoms with Crippen molar-refractivity contribution in [1.82, 2.24) is 4.90 Å². The largest absolute Gasteiger partial charge is 0.398 e. The number of rotatable bonds is 5. The van der Waals surface area contributed by atoms with Crippen LogP contribution in [0.5, 0.6) is 0 Å². The normalized spacial score (nSPS) is 14.6. The van der Waals surface area contributed by atoms with Gasteiger partial charge in [0.25, 0.3) is 5.91 Å². The molecule has 0 bridgehead atoms. The number of amides is 1. The number of nitrogens with zero attached hydrogens (tertiary/aromatic N) is 1. The van der Waals surface area contributed by atoms with Crippen LogP contribution in [0.4, 0.5) is 5.69 Å². The summed E-state index contributed by atoms with van der Waals surface area (Å²) in [6.45, 7) is 1.12. The Hall–Kier alpha value is -1.26. The zero-order chi connectivity index (χ0) is 13.1. The lowest BCUT2D eigenvalue weighted by molar-refractivity contribution is 0.0681. The molecular formula is C13H17ClN2O2. The van der Waals surface area contributed by atoms with Crippen LogP contribution in [-0.2, 0) is 4.74 Å². The highest BCUT2D eigenvalue weighted by atomic mass is 35.5. The molecule has 0 aromatic heterocycles. The number of ether oxygens (including phenoxy) is 1. The maximum absolute atomic E-state index is 12.4. The van der Waals surface area contributed by atoms with Crippen molar-refractivity contribution in [3.63, 3.8) is 0 Å². The molecule has 0 spiro atoms. The van der Waals surface area contributed by atoms with Crippen molar-refractivity contribution < 1.29 is 9.53 Å². The highest BCUT2D eigenvalue weighted by molar-refractivity contribution is 6.31. The number of carbonyl (C=O) groups excluding carboxylic acids is 1. The second kappa shape index (κ2) is 5.59. The maximum atomic E-state index is 12.4. The van der Waals surface area contributed by atoms with E-state index < -0.39 is 0 Å². The number of hydrogen-bond acceptors (Lipinski definition) is 3. The van der Waals surface area contributed by atoms with E-state index in [2.05, 4.69) is 0 Å². The van der Waals surface area contributed by atoms with E-state index >= 15 is 0 Å².